The van der Waals surface area contributed by atoms with Crippen LogP contribution in [0.1, 0.15) is 46.8 Å². The summed E-state index contributed by atoms with van der Waals surface area (Å²) in [6.45, 7) is 4.20. The smallest absolute Gasteiger partial charge is 0.416 e. The minimum atomic E-state index is -4.45. The van der Waals surface area contributed by atoms with Crippen LogP contribution in [-0.2, 0) is 17.5 Å². The average Bonchev–Trinajstić information content (AvgIpc) is 3.05. The first-order chi connectivity index (χ1) is 22.0. The van der Waals surface area contributed by atoms with Crippen molar-refractivity contribution in [2.45, 2.75) is 32.5 Å². The molecule has 5 rings (SSSR count). The van der Waals surface area contributed by atoms with Gasteiger partial charge in [0.05, 0.1) is 23.9 Å². The maximum Gasteiger partial charge on any atom is 0.416 e. The molecule has 0 saturated heterocycles. The maximum absolute atomic E-state index is 13.2. The summed E-state index contributed by atoms with van der Waals surface area (Å²) in [5.74, 6) is 0.427. The quantitative estimate of drug-likeness (QED) is 0.123. The van der Waals surface area contributed by atoms with E-state index < -0.39 is 17.7 Å². The number of alkyl halides is 3. The molecule has 0 bridgehead atoms. The summed E-state index contributed by atoms with van der Waals surface area (Å²) in [4.78, 5) is 12.9. The summed E-state index contributed by atoms with van der Waals surface area (Å²) in [6.07, 6.45) is -4.45. The Labute approximate surface area is 264 Å². The molecule has 0 heterocycles. The molecule has 46 heavy (non-hydrogen) atoms. The van der Waals surface area contributed by atoms with Crippen LogP contribution in [0.25, 0.3) is 11.1 Å². The van der Waals surface area contributed by atoms with Crippen molar-refractivity contribution in [3.8, 4) is 28.4 Å². The highest BCUT2D eigenvalue weighted by Crippen LogP contribution is 2.37. The van der Waals surface area contributed by atoms with E-state index in [1.807, 2.05) is 42.5 Å². The van der Waals surface area contributed by atoms with Crippen molar-refractivity contribution in [2.24, 2.45) is 0 Å². The minimum Gasteiger partial charge on any atom is -0.489 e. The number of carbonyl (C=O) groups is 1. The Morgan fingerprint density at radius 2 is 1.46 bits per heavy atom. The highest BCUT2D eigenvalue weighted by atomic mass is 19.4. The second kappa shape index (κ2) is 13.8. The molecule has 0 radical (unpaired) electrons. The lowest BCUT2D eigenvalue weighted by atomic mass is 9.89. The van der Waals surface area contributed by atoms with Crippen LogP contribution in [0.15, 0.2) is 109 Å². The third kappa shape index (κ3) is 7.85. The second-order valence-corrected chi connectivity index (χ2v) is 10.8. The van der Waals surface area contributed by atoms with Gasteiger partial charge in [0.2, 0.25) is 0 Å². The van der Waals surface area contributed by atoms with Crippen LogP contribution in [-0.4, -0.2) is 13.1 Å². The second-order valence-electron chi connectivity index (χ2n) is 10.8. The van der Waals surface area contributed by atoms with Crippen LogP contribution >= 0.6 is 0 Å². The molecule has 0 spiro atoms. The molecule has 9 heteroatoms. The molecule has 0 aliphatic heterocycles. The number of anilines is 2. The summed E-state index contributed by atoms with van der Waals surface area (Å²) >= 11 is 0. The van der Waals surface area contributed by atoms with Crippen molar-refractivity contribution in [1.82, 2.24) is 0 Å². The van der Waals surface area contributed by atoms with Crippen LogP contribution in [0.4, 0.5) is 28.9 Å². The zero-order chi connectivity index (χ0) is 32.8. The third-order valence-corrected chi connectivity index (χ3v) is 7.23. The van der Waals surface area contributed by atoms with Gasteiger partial charge >= 0.3 is 12.1 Å². The monoisotopic (exact) mass is 629 g/mol. The first-order valence-corrected chi connectivity index (χ1v) is 14.5. The summed E-state index contributed by atoms with van der Waals surface area (Å²) in [5, 5.41) is 3.32. The molecule has 0 aliphatic carbocycles. The molecule has 0 unspecified atom stereocenters. The number of halogens is 4. The maximum atomic E-state index is 13.2. The number of esters is 1. The number of nitrogens with one attached hydrogen (secondary N) is 1. The first-order valence-electron chi connectivity index (χ1n) is 14.5. The first kappa shape index (κ1) is 32.1. The van der Waals surface area contributed by atoms with Gasteiger partial charge in [-0.1, -0.05) is 44.2 Å². The number of methoxy groups -OCH3 is 1. The van der Waals surface area contributed by atoms with Gasteiger partial charge in [0.25, 0.3) is 0 Å². The molecular weight excluding hydrogens is 598 g/mol. The van der Waals surface area contributed by atoms with Crippen molar-refractivity contribution in [1.29, 1.82) is 0 Å². The van der Waals surface area contributed by atoms with E-state index in [-0.39, 0.29) is 24.1 Å². The Morgan fingerprint density at radius 3 is 2.07 bits per heavy atom. The largest absolute Gasteiger partial charge is 0.489 e. The molecule has 0 aliphatic rings. The van der Waals surface area contributed by atoms with E-state index in [4.69, 9.17) is 14.2 Å². The Morgan fingerprint density at radius 1 is 0.804 bits per heavy atom. The molecule has 0 amide bonds. The number of hydrogen-bond donors (Lipinski definition) is 1. The Kier molecular flexibility index (Phi) is 9.61. The molecule has 5 nitrogen and oxygen atoms in total. The van der Waals surface area contributed by atoms with Crippen LogP contribution in [0, 0.1) is 5.82 Å². The van der Waals surface area contributed by atoms with Gasteiger partial charge in [-0.05, 0) is 107 Å². The van der Waals surface area contributed by atoms with Crippen LogP contribution in [0.2, 0.25) is 0 Å². The SMILES string of the molecule is COC(=O)c1cc(-c2ccc(COc3cccc(C(F)(F)F)c3)cc2)c(C(C)C)cc1Nc1ccc(Oc2ccc(F)cc2)cc1. The van der Waals surface area contributed by atoms with E-state index in [1.54, 1.807) is 30.3 Å². The molecule has 5 aromatic rings. The van der Waals surface area contributed by atoms with Crippen molar-refractivity contribution in [2.75, 3.05) is 12.4 Å². The normalized spacial score (nSPS) is 11.3. The van der Waals surface area contributed by atoms with Gasteiger partial charge in [-0.3, -0.25) is 0 Å². The molecule has 1 N–H and O–H groups in total. The Bertz CT molecular complexity index is 1800. The zero-order valence-electron chi connectivity index (χ0n) is 25.3. The highest BCUT2D eigenvalue weighted by molar-refractivity contribution is 5.98. The number of ether oxygens (including phenoxy) is 3. The lowest BCUT2D eigenvalue weighted by Gasteiger charge is -2.19. The van der Waals surface area contributed by atoms with Gasteiger partial charge in [-0.2, -0.15) is 13.2 Å². The molecule has 0 aromatic heterocycles. The summed E-state index contributed by atoms with van der Waals surface area (Å²) < 4.78 is 68.9. The standard InChI is InChI=1S/C37H31F4NO4/c1-23(2)32-21-35(42-28-13-17-30(18-14-28)46-29-15-11-27(38)12-16-29)34(36(43)44-3)20-33(32)25-9-7-24(8-10-25)22-45-31-6-4-5-26(19-31)37(39,40)41/h4-21,23,42H,22H2,1-3H3. The van der Waals surface area contributed by atoms with Crippen molar-refractivity contribution < 1.29 is 36.6 Å². The molecule has 236 valence electrons. The fraction of sp³-hybridized carbons (Fsp3) is 0.162. The Balaban J connectivity index is 1.37. The van der Waals surface area contributed by atoms with Crippen LogP contribution in [0.5, 0.6) is 17.2 Å². The number of rotatable bonds is 10. The number of carbonyl (C=O) groups excluding carboxylic acids is 1. The van der Waals surface area contributed by atoms with E-state index in [0.29, 0.717) is 28.4 Å². The zero-order valence-corrected chi connectivity index (χ0v) is 25.3. The summed E-state index contributed by atoms with van der Waals surface area (Å²) in [6, 6.07) is 28.8. The Hall–Kier alpha value is -5.31. The van der Waals surface area contributed by atoms with Gasteiger partial charge in [0, 0.05) is 5.69 Å². The average molecular weight is 630 g/mol. The van der Waals surface area contributed by atoms with Gasteiger partial charge in [-0.25, -0.2) is 9.18 Å². The van der Waals surface area contributed by atoms with E-state index in [9.17, 15) is 22.4 Å². The lowest BCUT2D eigenvalue weighted by molar-refractivity contribution is -0.137. The predicted octanol–water partition coefficient (Wildman–Crippen LogP) is 10.5. The summed E-state index contributed by atoms with van der Waals surface area (Å²) in [7, 11) is 1.32. The van der Waals surface area contributed by atoms with Gasteiger partial charge in [0.1, 0.15) is 29.7 Å². The molecular formula is C37H31F4NO4. The predicted molar refractivity (Wildman–Crippen MR) is 169 cm³/mol. The van der Waals surface area contributed by atoms with E-state index in [2.05, 4.69) is 19.2 Å². The fourth-order valence-electron chi connectivity index (χ4n) is 4.84. The molecule has 0 saturated carbocycles. The van der Waals surface area contributed by atoms with Gasteiger partial charge < -0.3 is 19.5 Å². The molecule has 0 fully saturated rings. The third-order valence-electron chi connectivity index (χ3n) is 7.23. The summed E-state index contributed by atoms with van der Waals surface area (Å²) in [5.41, 5.74) is 4.30. The van der Waals surface area contributed by atoms with E-state index in [1.165, 1.54) is 31.4 Å². The molecule has 0 atom stereocenters. The fourth-order valence-corrected chi connectivity index (χ4v) is 4.84. The van der Waals surface area contributed by atoms with Crippen molar-refractivity contribution in [3.63, 3.8) is 0 Å². The number of hydrogen-bond acceptors (Lipinski definition) is 5. The van der Waals surface area contributed by atoms with Crippen LogP contribution in [0.3, 0.4) is 0 Å². The van der Waals surface area contributed by atoms with E-state index in [0.717, 1.165) is 34.4 Å². The van der Waals surface area contributed by atoms with Crippen molar-refractivity contribution >= 4 is 17.3 Å². The number of benzene rings is 5. The minimum absolute atomic E-state index is 0.0859. The lowest BCUT2D eigenvalue weighted by Crippen LogP contribution is -2.08. The highest BCUT2D eigenvalue weighted by Gasteiger charge is 2.30. The van der Waals surface area contributed by atoms with Gasteiger partial charge in [-0.15, -0.1) is 0 Å². The van der Waals surface area contributed by atoms with Crippen LogP contribution < -0.4 is 14.8 Å². The molecule has 5 aromatic carbocycles. The topological polar surface area (TPSA) is 56.8 Å². The van der Waals surface area contributed by atoms with Crippen molar-refractivity contribution in [3.05, 3.63) is 137 Å². The van der Waals surface area contributed by atoms with Gasteiger partial charge in [0.15, 0.2) is 0 Å². The van der Waals surface area contributed by atoms with E-state index >= 15 is 0 Å².